The molecule has 0 bridgehead atoms. The molecule has 18 heavy (non-hydrogen) atoms. The third-order valence-electron chi connectivity index (χ3n) is 3.43. The first-order chi connectivity index (χ1) is 8.67. The average Bonchev–Trinajstić information content (AvgIpc) is 2.40. The van der Waals surface area contributed by atoms with E-state index in [1.165, 1.54) is 0 Å². The van der Waals surface area contributed by atoms with Gasteiger partial charge in [-0.3, -0.25) is 0 Å². The summed E-state index contributed by atoms with van der Waals surface area (Å²) in [6.07, 6.45) is 3.05. The Balaban J connectivity index is 2.47. The number of likely N-dealkylation sites (tertiary alicyclic amines) is 1. The van der Waals surface area contributed by atoms with Gasteiger partial charge in [-0.15, -0.1) is 0 Å². The minimum Gasteiger partial charge on any atom is -0.450 e. The van der Waals surface area contributed by atoms with E-state index in [0.29, 0.717) is 39.0 Å². The van der Waals surface area contributed by atoms with E-state index in [4.69, 9.17) is 10.00 Å². The van der Waals surface area contributed by atoms with Crippen LogP contribution in [0.5, 0.6) is 0 Å². The zero-order valence-corrected chi connectivity index (χ0v) is 10.8. The van der Waals surface area contributed by atoms with E-state index in [9.17, 15) is 10.1 Å². The second-order valence-corrected chi connectivity index (χ2v) is 4.59. The molecular weight excluding hydrogens is 230 g/mol. The van der Waals surface area contributed by atoms with Crippen molar-refractivity contribution in [2.24, 2.45) is 5.41 Å². The Hall–Kier alpha value is -1.75. The van der Waals surface area contributed by atoms with Gasteiger partial charge in [0.1, 0.15) is 0 Å². The van der Waals surface area contributed by atoms with Crippen LogP contribution in [0.1, 0.15) is 39.0 Å². The largest absolute Gasteiger partial charge is 0.450 e. The Morgan fingerprint density at radius 3 is 2.56 bits per heavy atom. The fourth-order valence-corrected chi connectivity index (χ4v) is 2.26. The van der Waals surface area contributed by atoms with Gasteiger partial charge in [-0.25, -0.2) is 4.79 Å². The molecule has 1 saturated heterocycles. The zero-order chi connectivity index (χ0) is 13.4. The molecule has 0 unspecified atom stereocenters. The number of ether oxygens (including phenoxy) is 1. The lowest BCUT2D eigenvalue weighted by Crippen LogP contribution is -2.43. The molecule has 1 heterocycles. The van der Waals surface area contributed by atoms with Gasteiger partial charge in [0.15, 0.2) is 0 Å². The van der Waals surface area contributed by atoms with Crippen LogP contribution >= 0.6 is 0 Å². The molecule has 1 aliphatic rings. The monoisotopic (exact) mass is 249 g/mol. The summed E-state index contributed by atoms with van der Waals surface area (Å²) in [6.45, 7) is 3.29. The van der Waals surface area contributed by atoms with Gasteiger partial charge in [0.2, 0.25) is 0 Å². The molecule has 0 N–H and O–H groups in total. The molecule has 5 heteroatoms. The van der Waals surface area contributed by atoms with E-state index in [2.05, 4.69) is 12.1 Å². The molecule has 0 aliphatic carbocycles. The number of unbranched alkanes of at least 4 members (excludes halogenated alkanes) is 1. The van der Waals surface area contributed by atoms with Gasteiger partial charge >= 0.3 is 6.09 Å². The van der Waals surface area contributed by atoms with Gasteiger partial charge in [-0.1, -0.05) is 0 Å². The molecule has 1 amide bonds. The summed E-state index contributed by atoms with van der Waals surface area (Å²) in [5.41, 5.74) is -0.361. The first kappa shape index (κ1) is 14.3. The molecule has 0 aromatic rings. The van der Waals surface area contributed by atoms with Crippen LogP contribution in [0, 0.1) is 28.1 Å². The molecule has 0 atom stereocenters. The average molecular weight is 249 g/mol. The maximum atomic E-state index is 11.5. The second kappa shape index (κ2) is 6.86. The Bertz CT molecular complexity index is 359. The summed E-state index contributed by atoms with van der Waals surface area (Å²) >= 11 is 0. The number of amides is 1. The molecule has 1 rings (SSSR count). The number of hydrogen-bond acceptors (Lipinski definition) is 4. The van der Waals surface area contributed by atoms with E-state index < -0.39 is 0 Å². The Morgan fingerprint density at radius 1 is 1.39 bits per heavy atom. The van der Waals surface area contributed by atoms with Gasteiger partial charge in [0.05, 0.1) is 24.2 Å². The minimum absolute atomic E-state index is 0.291. The number of carbonyl (C=O) groups excluding carboxylic acids is 1. The van der Waals surface area contributed by atoms with Crippen LogP contribution in [0.4, 0.5) is 4.79 Å². The van der Waals surface area contributed by atoms with Crippen molar-refractivity contribution in [1.29, 1.82) is 10.5 Å². The molecule has 0 spiro atoms. The third kappa shape index (κ3) is 3.63. The first-order valence-electron chi connectivity index (χ1n) is 6.37. The van der Waals surface area contributed by atoms with Gasteiger partial charge in [0, 0.05) is 19.5 Å². The second-order valence-electron chi connectivity index (χ2n) is 4.59. The Kier molecular flexibility index (Phi) is 5.45. The van der Waals surface area contributed by atoms with Crippen molar-refractivity contribution in [3.8, 4) is 12.1 Å². The fourth-order valence-electron chi connectivity index (χ4n) is 2.26. The fraction of sp³-hybridized carbons (Fsp3) is 0.769. The topological polar surface area (TPSA) is 77.1 Å². The summed E-state index contributed by atoms with van der Waals surface area (Å²) in [7, 11) is 0. The van der Waals surface area contributed by atoms with Crippen molar-refractivity contribution in [3.05, 3.63) is 0 Å². The summed E-state index contributed by atoms with van der Waals surface area (Å²) in [4.78, 5) is 13.2. The maximum absolute atomic E-state index is 11.5. The number of rotatable bonds is 4. The normalized spacial score (nSPS) is 17.6. The molecular formula is C13H19N3O2. The van der Waals surface area contributed by atoms with Crippen LogP contribution in [0.25, 0.3) is 0 Å². The molecule has 5 nitrogen and oxygen atoms in total. The van der Waals surface area contributed by atoms with Crippen molar-refractivity contribution in [3.63, 3.8) is 0 Å². The molecule has 1 aliphatic heterocycles. The first-order valence-corrected chi connectivity index (χ1v) is 6.37. The van der Waals surface area contributed by atoms with E-state index in [-0.39, 0.29) is 11.5 Å². The highest BCUT2D eigenvalue weighted by atomic mass is 16.6. The van der Waals surface area contributed by atoms with Gasteiger partial charge < -0.3 is 9.64 Å². The van der Waals surface area contributed by atoms with Crippen LogP contribution in [0.2, 0.25) is 0 Å². The lowest BCUT2D eigenvalue weighted by molar-refractivity contribution is 0.0799. The SMILES string of the molecule is CCOC(=O)N1CCC(C#N)(CCCC#N)CC1. The summed E-state index contributed by atoms with van der Waals surface area (Å²) in [5, 5.41) is 17.8. The van der Waals surface area contributed by atoms with Crippen molar-refractivity contribution in [2.45, 2.75) is 39.0 Å². The zero-order valence-electron chi connectivity index (χ0n) is 10.8. The van der Waals surface area contributed by atoms with Gasteiger partial charge in [-0.2, -0.15) is 10.5 Å². The van der Waals surface area contributed by atoms with E-state index >= 15 is 0 Å². The molecule has 0 aromatic heterocycles. The number of nitriles is 2. The van der Waals surface area contributed by atoms with Crippen molar-refractivity contribution in [2.75, 3.05) is 19.7 Å². The highest BCUT2D eigenvalue weighted by Gasteiger charge is 2.35. The Morgan fingerprint density at radius 2 is 2.06 bits per heavy atom. The van der Waals surface area contributed by atoms with E-state index in [0.717, 1.165) is 12.8 Å². The Labute approximate surface area is 108 Å². The molecule has 0 aromatic carbocycles. The number of nitrogens with zero attached hydrogens (tertiary/aromatic N) is 3. The van der Waals surface area contributed by atoms with Gasteiger partial charge in [0.25, 0.3) is 0 Å². The summed E-state index contributed by atoms with van der Waals surface area (Å²) in [6, 6.07) is 4.48. The third-order valence-corrected chi connectivity index (χ3v) is 3.43. The summed E-state index contributed by atoms with van der Waals surface area (Å²) in [5.74, 6) is 0. The quantitative estimate of drug-likeness (QED) is 0.717. The van der Waals surface area contributed by atoms with Crippen LogP contribution in [-0.2, 0) is 4.74 Å². The highest BCUT2D eigenvalue weighted by molar-refractivity contribution is 5.67. The number of carbonyl (C=O) groups is 1. The van der Waals surface area contributed by atoms with Crippen molar-refractivity contribution < 1.29 is 9.53 Å². The van der Waals surface area contributed by atoms with Gasteiger partial charge in [-0.05, 0) is 32.6 Å². The predicted molar refractivity (Wildman–Crippen MR) is 65.3 cm³/mol. The smallest absolute Gasteiger partial charge is 0.409 e. The molecule has 1 fully saturated rings. The lowest BCUT2D eigenvalue weighted by atomic mass is 9.76. The highest BCUT2D eigenvalue weighted by Crippen LogP contribution is 2.35. The predicted octanol–water partition coefficient (Wildman–Crippen LogP) is 2.44. The molecule has 0 saturated carbocycles. The maximum Gasteiger partial charge on any atom is 0.409 e. The standard InChI is InChI=1S/C13H19N3O2/c1-2-18-12(17)16-9-6-13(11-15,7-10-16)5-3-4-8-14/h2-7,9-10H2,1H3. The molecule has 98 valence electrons. The lowest BCUT2D eigenvalue weighted by Gasteiger charge is -2.36. The molecule has 0 radical (unpaired) electrons. The van der Waals surface area contributed by atoms with Crippen LogP contribution in [0.3, 0.4) is 0 Å². The summed E-state index contributed by atoms with van der Waals surface area (Å²) < 4.78 is 4.94. The number of piperidine rings is 1. The van der Waals surface area contributed by atoms with E-state index in [1.807, 2.05) is 0 Å². The van der Waals surface area contributed by atoms with Crippen molar-refractivity contribution >= 4 is 6.09 Å². The van der Waals surface area contributed by atoms with Crippen LogP contribution < -0.4 is 0 Å². The van der Waals surface area contributed by atoms with Crippen molar-refractivity contribution in [1.82, 2.24) is 4.90 Å². The van der Waals surface area contributed by atoms with E-state index in [1.54, 1.807) is 11.8 Å². The van der Waals surface area contributed by atoms with Crippen LogP contribution in [0.15, 0.2) is 0 Å². The van der Waals surface area contributed by atoms with Crippen LogP contribution in [-0.4, -0.2) is 30.7 Å². The minimum atomic E-state index is -0.361. The number of hydrogen-bond donors (Lipinski definition) is 0.